The van der Waals surface area contributed by atoms with Crippen LogP contribution in [0.2, 0.25) is 0 Å². The average Bonchev–Trinajstić information content (AvgIpc) is 2.47. The molecular formula is C14H27N3O3. The summed E-state index contributed by atoms with van der Waals surface area (Å²) in [5.41, 5.74) is 0. The molecule has 1 heterocycles. The van der Waals surface area contributed by atoms with Crippen molar-refractivity contribution in [1.82, 2.24) is 15.1 Å². The summed E-state index contributed by atoms with van der Waals surface area (Å²) in [5, 5.41) is 3.27. The summed E-state index contributed by atoms with van der Waals surface area (Å²) in [7, 11) is 0. The number of nitrogens with one attached hydrogen (secondary N) is 1. The van der Waals surface area contributed by atoms with Gasteiger partial charge in [-0.2, -0.15) is 0 Å². The van der Waals surface area contributed by atoms with E-state index in [4.69, 9.17) is 4.74 Å². The van der Waals surface area contributed by atoms with Gasteiger partial charge < -0.3 is 19.9 Å². The lowest BCUT2D eigenvalue weighted by Gasteiger charge is -2.34. The Balaban J connectivity index is 2.17. The Hall–Kier alpha value is -1.30. The predicted molar refractivity (Wildman–Crippen MR) is 77.6 cm³/mol. The lowest BCUT2D eigenvalue weighted by Crippen LogP contribution is -2.51. The van der Waals surface area contributed by atoms with Gasteiger partial charge in [-0.1, -0.05) is 13.3 Å². The van der Waals surface area contributed by atoms with Gasteiger partial charge in [0, 0.05) is 39.1 Å². The van der Waals surface area contributed by atoms with E-state index in [-0.39, 0.29) is 12.0 Å². The zero-order valence-corrected chi connectivity index (χ0v) is 12.7. The van der Waals surface area contributed by atoms with Gasteiger partial charge in [-0.15, -0.1) is 0 Å². The van der Waals surface area contributed by atoms with Gasteiger partial charge in [-0.3, -0.25) is 4.79 Å². The van der Waals surface area contributed by atoms with Crippen LogP contribution in [0.25, 0.3) is 0 Å². The normalized spacial score (nSPS) is 15.3. The highest BCUT2D eigenvalue weighted by Gasteiger charge is 2.24. The van der Waals surface area contributed by atoms with Crippen LogP contribution < -0.4 is 5.32 Å². The van der Waals surface area contributed by atoms with Crippen molar-refractivity contribution in [2.75, 3.05) is 45.9 Å². The summed E-state index contributed by atoms with van der Waals surface area (Å²) in [4.78, 5) is 27.0. The van der Waals surface area contributed by atoms with Crippen LogP contribution in [0.5, 0.6) is 0 Å². The third-order valence-electron chi connectivity index (χ3n) is 3.38. The molecule has 1 aliphatic heterocycles. The van der Waals surface area contributed by atoms with E-state index in [1.165, 1.54) is 0 Å². The summed E-state index contributed by atoms with van der Waals surface area (Å²) in [6, 6.07) is 0. The van der Waals surface area contributed by atoms with E-state index in [9.17, 15) is 9.59 Å². The number of ether oxygens (including phenoxy) is 1. The van der Waals surface area contributed by atoms with Crippen LogP contribution in [-0.2, 0) is 9.53 Å². The molecule has 0 aliphatic carbocycles. The van der Waals surface area contributed by atoms with E-state index in [0.717, 1.165) is 25.9 Å². The molecule has 0 atom stereocenters. The summed E-state index contributed by atoms with van der Waals surface area (Å²) in [5.74, 6) is 0.164. The molecule has 0 aromatic heterocycles. The van der Waals surface area contributed by atoms with Crippen molar-refractivity contribution in [1.29, 1.82) is 0 Å². The minimum atomic E-state index is -0.277. The molecule has 0 saturated carbocycles. The van der Waals surface area contributed by atoms with Gasteiger partial charge in [0.05, 0.1) is 6.61 Å². The molecule has 2 amide bonds. The molecule has 1 N–H and O–H groups in total. The Morgan fingerprint density at radius 1 is 1.05 bits per heavy atom. The Morgan fingerprint density at radius 2 is 1.70 bits per heavy atom. The minimum absolute atomic E-state index is 0.164. The Bertz CT molecular complexity index is 302. The number of hydrogen-bond acceptors (Lipinski definition) is 4. The fourth-order valence-electron chi connectivity index (χ4n) is 2.13. The van der Waals surface area contributed by atoms with E-state index in [1.807, 2.05) is 4.90 Å². The van der Waals surface area contributed by atoms with Crippen molar-refractivity contribution in [3.63, 3.8) is 0 Å². The highest BCUT2D eigenvalue weighted by atomic mass is 16.6. The van der Waals surface area contributed by atoms with Crippen molar-refractivity contribution in [2.24, 2.45) is 0 Å². The maximum atomic E-state index is 12.0. The number of nitrogens with zero attached hydrogens (tertiary/aromatic N) is 2. The fourth-order valence-corrected chi connectivity index (χ4v) is 2.13. The second-order valence-electron chi connectivity index (χ2n) is 4.92. The maximum Gasteiger partial charge on any atom is 0.409 e. The van der Waals surface area contributed by atoms with Gasteiger partial charge in [-0.05, 0) is 19.9 Å². The van der Waals surface area contributed by atoms with Crippen molar-refractivity contribution in [2.45, 2.75) is 33.1 Å². The van der Waals surface area contributed by atoms with E-state index in [2.05, 4.69) is 12.2 Å². The summed E-state index contributed by atoms with van der Waals surface area (Å²) in [6.07, 6.45) is 2.56. The van der Waals surface area contributed by atoms with E-state index in [1.54, 1.807) is 11.8 Å². The highest BCUT2D eigenvalue weighted by Crippen LogP contribution is 2.05. The van der Waals surface area contributed by atoms with Crippen LogP contribution in [0, 0.1) is 0 Å². The molecule has 20 heavy (non-hydrogen) atoms. The molecule has 1 fully saturated rings. The molecular weight excluding hydrogens is 258 g/mol. The van der Waals surface area contributed by atoms with Gasteiger partial charge >= 0.3 is 6.09 Å². The van der Waals surface area contributed by atoms with Gasteiger partial charge in [0.2, 0.25) is 5.91 Å². The zero-order chi connectivity index (χ0) is 14.8. The monoisotopic (exact) mass is 285 g/mol. The number of rotatable bonds is 7. The quantitative estimate of drug-likeness (QED) is 0.711. The molecule has 6 heteroatoms. The lowest BCUT2D eigenvalue weighted by atomic mass is 10.2. The van der Waals surface area contributed by atoms with Crippen molar-refractivity contribution in [3.8, 4) is 0 Å². The standard InChI is InChI=1S/C14H27N3O3/c1-3-5-7-15-8-6-13(18)16-9-11-17(12-10-16)14(19)20-4-2/h15H,3-12H2,1-2H3. The Labute approximate surface area is 121 Å². The van der Waals surface area contributed by atoms with Crippen LogP contribution in [0.3, 0.4) is 0 Å². The second-order valence-corrected chi connectivity index (χ2v) is 4.92. The molecule has 6 nitrogen and oxygen atoms in total. The second kappa shape index (κ2) is 9.58. The molecule has 0 radical (unpaired) electrons. The summed E-state index contributed by atoms with van der Waals surface area (Å²) >= 11 is 0. The van der Waals surface area contributed by atoms with Gasteiger partial charge in [0.25, 0.3) is 0 Å². The largest absolute Gasteiger partial charge is 0.450 e. The number of amides is 2. The van der Waals surface area contributed by atoms with E-state index >= 15 is 0 Å². The smallest absolute Gasteiger partial charge is 0.409 e. The molecule has 1 saturated heterocycles. The number of carbonyl (C=O) groups excluding carboxylic acids is 2. The minimum Gasteiger partial charge on any atom is -0.450 e. The summed E-state index contributed by atoms with van der Waals surface area (Å²) < 4.78 is 4.95. The molecule has 0 spiro atoms. The van der Waals surface area contributed by atoms with Crippen molar-refractivity contribution in [3.05, 3.63) is 0 Å². The Kier molecular flexibility index (Phi) is 8.02. The number of unbranched alkanes of at least 4 members (excludes halogenated alkanes) is 1. The van der Waals surface area contributed by atoms with E-state index < -0.39 is 0 Å². The van der Waals surface area contributed by atoms with Crippen LogP contribution in [0.4, 0.5) is 4.79 Å². The average molecular weight is 285 g/mol. The van der Waals surface area contributed by atoms with Crippen molar-refractivity contribution >= 4 is 12.0 Å². The predicted octanol–water partition coefficient (Wildman–Crippen LogP) is 1.07. The van der Waals surface area contributed by atoms with Crippen LogP contribution in [0.1, 0.15) is 33.1 Å². The topological polar surface area (TPSA) is 61.9 Å². The van der Waals surface area contributed by atoms with Gasteiger partial charge in [-0.25, -0.2) is 4.79 Å². The first-order chi connectivity index (χ1) is 9.69. The first-order valence-corrected chi connectivity index (χ1v) is 7.59. The van der Waals surface area contributed by atoms with Crippen LogP contribution in [0.15, 0.2) is 0 Å². The molecule has 1 aliphatic rings. The third kappa shape index (κ3) is 5.77. The van der Waals surface area contributed by atoms with E-state index in [0.29, 0.717) is 39.2 Å². The molecule has 1 rings (SSSR count). The molecule has 116 valence electrons. The summed E-state index contributed by atoms with van der Waals surface area (Å²) in [6.45, 7) is 8.37. The van der Waals surface area contributed by atoms with Crippen LogP contribution in [-0.4, -0.2) is 67.7 Å². The SMILES string of the molecule is CCCCNCCC(=O)N1CCN(C(=O)OCC)CC1. The number of carbonyl (C=O) groups is 2. The Morgan fingerprint density at radius 3 is 2.30 bits per heavy atom. The van der Waals surface area contributed by atoms with Crippen molar-refractivity contribution < 1.29 is 14.3 Å². The fraction of sp³-hybridized carbons (Fsp3) is 0.857. The van der Waals surface area contributed by atoms with Gasteiger partial charge in [0.15, 0.2) is 0 Å². The molecule has 0 aromatic rings. The lowest BCUT2D eigenvalue weighted by molar-refractivity contribution is -0.132. The maximum absolute atomic E-state index is 12.0. The molecule has 0 unspecified atom stereocenters. The van der Waals surface area contributed by atoms with Gasteiger partial charge in [0.1, 0.15) is 0 Å². The third-order valence-corrected chi connectivity index (χ3v) is 3.38. The zero-order valence-electron chi connectivity index (χ0n) is 12.7. The van der Waals surface area contributed by atoms with Crippen LogP contribution >= 0.6 is 0 Å². The first-order valence-electron chi connectivity index (χ1n) is 7.59. The molecule has 0 bridgehead atoms. The highest BCUT2D eigenvalue weighted by molar-refractivity contribution is 5.77. The first kappa shape index (κ1) is 16.8. The molecule has 0 aromatic carbocycles. The number of piperazine rings is 1. The number of hydrogen-bond donors (Lipinski definition) is 1.